The van der Waals surface area contributed by atoms with Crippen molar-refractivity contribution in [3.8, 4) is 0 Å². The fourth-order valence-corrected chi connectivity index (χ4v) is 2.92. The minimum absolute atomic E-state index is 0.0184. The summed E-state index contributed by atoms with van der Waals surface area (Å²) in [5, 5.41) is 0.616. The van der Waals surface area contributed by atoms with E-state index in [9.17, 15) is 4.39 Å². The predicted molar refractivity (Wildman–Crippen MR) is 45.3 cm³/mol. The number of aromatic nitrogens is 2. The van der Waals surface area contributed by atoms with E-state index >= 15 is 0 Å². The molecule has 0 amide bonds. The second kappa shape index (κ2) is 3.61. The first-order valence-corrected chi connectivity index (χ1v) is 6.63. The molecule has 0 radical (unpaired) electrons. The van der Waals surface area contributed by atoms with Gasteiger partial charge < -0.3 is 0 Å². The zero-order valence-corrected chi connectivity index (χ0v) is 9.30. The normalized spacial score (nSPS) is 11.2. The van der Waals surface area contributed by atoms with E-state index in [0.29, 0.717) is 11.0 Å². The first-order chi connectivity index (χ1) is 6.31. The van der Waals surface area contributed by atoms with Crippen molar-refractivity contribution in [1.29, 1.82) is 0 Å². The molecule has 2 heterocycles. The monoisotopic (exact) mass is 291 g/mol. The first kappa shape index (κ1) is 8.93. The molecule has 13 heavy (non-hydrogen) atoms. The summed E-state index contributed by atoms with van der Waals surface area (Å²) in [4.78, 5) is 6.94. The summed E-state index contributed by atoms with van der Waals surface area (Å²) < 4.78 is 15.5. The Morgan fingerprint density at radius 2 is 2.46 bits per heavy atom. The van der Waals surface area contributed by atoms with Gasteiger partial charge in [0.15, 0.2) is 0 Å². The van der Waals surface area contributed by atoms with E-state index in [4.69, 9.17) is 0 Å². The molecular weight excluding hydrogens is 282 g/mol. The number of H-pyrrole nitrogens is 1. The maximum atomic E-state index is 13.1. The molecule has 70 valence electrons. The van der Waals surface area contributed by atoms with Crippen molar-refractivity contribution in [1.82, 2.24) is 9.97 Å². The van der Waals surface area contributed by atoms with Crippen LogP contribution in [-0.2, 0) is 0 Å². The van der Waals surface area contributed by atoms with E-state index in [-0.39, 0.29) is 27.0 Å². The molecule has 0 unspecified atom stereocenters. The zero-order valence-electron chi connectivity index (χ0n) is 7.14. The molecule has 0 saturated carbocycles. The van der Waals surface area contributed by atoms with Crippen LogP contribution in [0.1, 0.15) is 6.92 Å². The Morgan fingerprint density at radius 3 is 3.23 bits per heavy atom. The van der Waals surface area contributed by atoms with Gasteiger partial charge in [0.25, 0.3) is 0 Å². The quantitative estimate of drug-likeness (QED) is 0.557. The SMILES string of the molecule is CC[I-]c1cnc2[nH]cc(F)c2c1. The number of rotatable bonds is 2. The number of fused-ring (bicyclic) bond motifs is 1. The van der Waals surface area contributed by atoms with Crippen LogP contribution < -0.4 is 21.2 Å². The molecule has 0 atom stereocenters. The van der Waals surface area contributed by atoms with Crippen molar-refractivity contribution in [2.75, 3.05) is 4.43 Å². The molecule has 1 N–H and O–H groups in total. The number of alkyl halides is 1. The van der Waals surface area contributed by atoms with Crippen LogP contribution in [0, 0.1) is 9.39 Å². The molecule has 4 heteroatoms. The van der Waals surface area contributed by atoms with Gasteiger partial charge in [0.1, 0.15) is 0 Å². The average Bonchev–Trinajstić information content (AvgIpc) is 2.49. The van der Waals surface area contributed by atoms with Crippen molar-refractivity contribution in [3.63, 3.8) is 0 Å². The van der Waals surface area contributed by atoms with Crippen molar-refractivity contribution in [3.05, 3.63) is 27.8 Å². The molecule has 0 saturated heterocycles. The Balaban J connectivity index is 2.53. The molecule has 0 bridgehead atoms. The summed E-state index contributed by atoms with van der Waals surface area (Å²) in [6, 6.07) is 1.91. The van der Waals surface area contributed by atoms with Gasteiger partial charge in [-0.1, -0.05) is 0 Å². The van der Waals surface area contributed by atoms with Gasteiger partial charge in [0, 0.05) is 0 Å². The van der Waals surface area contributed by atoms with Crippen molar-refractivity contribution in [2.45, 2.75) is 6.92 Å². The van der Waals surface area contributed by atoms with Crippen molar-refractivity contribution in [2.24, 2.45) is 0 Å². The predicted octanol–water partition coefficient (Wildman–Crippen LogP) is -1.02. The number of nitrogens with zero attached hydrogens (tertiary/aromatic N) is 1. The molecule has 0 fully saturated rings. The second-order valence-corrected chi connectivity index (χ2v) is 6.12. The Labute approximate surface area is 85.8 Å². The molecule has 0 spiro atoms. The molecular formula is C9H9FIN2-. The van der Waals surface area contributed by atoms with E-state index in [1.807, 2.05) is 12.3 Å². The van der Waals surface area contributed by atoms with Crippen LogP contribution >= 0.6 is 0 Å². The number of halogens is 2. The number of hydrogen-bond acceptors (Lipinski definition) is 1. The molecule has 2 aromatic heterocycles. The van der Waals surface area contributed by atoms with Crippen molar-refractivity contribution >= 4 is 11.0 Å². The van der Waals surface area contributed by atoms with Crippen LogP contribution in [-0.4, -0.2) is 14.4 Å². The van der Waals surface area contributed by atoms with Crippen LogP contribution in [0.3, 0.4) is 0 Å². The van der Waals surface area contributed by atoms with E-state index < -0.39 is 0 Å². The number of aromatic amines is 1. The fourth-order valence-electron chi connectivity index (χ4n) is 1.17. The topological polar surface area (TPSA) is 28.7 Å². The third kappa shape index (κ3) is 1.67. The van der Waals surface area contributed by atoms with E-state index in [2.05, 4.69) is 16.9 Å². The molecule has 0 aliphatic heterocycles. The van der Waals surface area contributed by atoms with Gasteiger partial charge in [0.2, 0.25) is 0 Å². The van der Waals surface area contributed by atoms with Gasteiger partial charge >= 0.3 is 85.8 Å². The van der Waals surface area contributed by atoms with Crippen LogP contribution in [0.15, 0.2) is 18.5 Å². The van der Waals surface area contributed by atoms with Gasteiger partial charge in [-0.15, -0.1) is 0 Å². The van der Waals surface area contributed by atoms with Crippen LogP contribution in [0.2, 0.25) is 0 Å². The van der Waals surface area contributed by atoms with Crippen LogP contribution in [0.4, 0.5) is 4.39 Å². The van der Waals surface area contributed by atoms with E-state index in [1.165, 1.54) is 9.77 Å². The van der Waals surface area contributed by atoms with Gasteiger partial charge in [0.05, 0.1) is 0 Å². The minimum atomic E-state index is -0.204. The van der Waals surface area contributed by atoms with Gasteiger partial charge in [-0.3, -0.25) is 0 Å². The number of pyridine rings is 1. The maximum absolute atomic E-state index is 13.1. The molecule has 2 rings (SSSR count). The number of hydrogen-bond donors (Lipinski definition) is 1. The summed E-state index contributed by atoms with van der Waals surface area (Å²) >= 11 is 0.0184. The van der Waals surface area contributed by atoms with Gasteiger partial charge in [-0.25, -0.2) is 0 Å². The van der Waals surface area contributed by atoms with E-state index in [0.717, 1.165) is 4.43 Å². The summed E-state index contributed by atoms with van der Waals surface area (Å²) in [5.41, 5.74) is 0.640. The van der Waals surface area contributed by atoms with Gasteiger partial charge in [-0.2, -0.15) is 0 Å². The molecule has 0 aliphatic carbocycles. The van der Waals surface area contributed by atoms with E-state index in [1.54, 1.807) is 0 Å². The summed E-state index contributed by atoms with van der Waals surface area (Å²) in [6.45, 7) is 2.14. The molecule has 0 aromatic carbocycles. The Morgan fingerprint density at radius 1 is 1.62 bits per heavy atom. The van der Waals surface area contributed by atoms with Crippen LogP contribution in [0.5, 0.6) is 0 Å². The van der Waals surface area contributed by atoms with Crippen LogP contribution in [0.25, 0.3) is 11.0 Å². The molecule has 2 nitrogen and oxygen atoms in total. The standard InChI is InChI=1S/C9H9FIN2/c1-2-11-6-3-7-8(10)5-13-9(7)12-4-6/h3-5H,2H2,1H3,(H,12,13)/q-1. The fraction of sp³-hybridized carbons (Fsp3) is 0.222. The van der Waals surface area contributed by atoms with Crippen molar-refractivity contribution < 1.29 is 25.6 Å². The third-order valence-electron chi connectivity index (χ3n) is 1.74. The molecule has 0 aliphatic rings. The second-order valence-electron chi connectivity index (χ2n) is 2.59. The average molecular weight is 291 g/mol. The summed E-state index contributed by atoms with van der Waals surface area (Å²) in [7, 11) is 0. The first-order valence-electron chi connectivity index (χ1n) is 4.03. The summed E-state index contributed by atoms with van der Waals surface area (Å²) in [5.74, 6) is -0.204. The Hall–Kier alpha value is -0.650. The van der Waals surface area contributed by atoms with Gasteiger partial charge in [-0.05, 0) is 0 Å². The zero-order chi connectivity index (χ0) is 9.26. The third-order valence-corrected chi connectivity index (χ3v) is 3.97. The Bertz CT molecular complexity index is 424. The molecule has 2 aromatic rings. The summed E-state index contributed by atoms with van der Waals surface area (Å²) in [6.07, 6.45) is 3.20. The Kier molecular flexibility index (Phi) is 2.48. The number of nitrogens with one attached hydrogen (secondary N) is 1.